The predicted octanol–water partition coefficient (Wildman–Crippen LogP) is 4.99. The molecule has 0 N–H and O–H groups in total. The third-order valence-corrected chi connectivity index (χ3v) is 16.4. The first-order valence-electron chi connectivity index (χ1n) is 24.6. The Morgan fingerprint density at radius 1 is 0.526 bits per heavy atom. The van der Waals surface area contributed by atoms with Crippen molar-refractivity contribution in [3.05, 3.63) is 83.5 Å². The van der Waals surface area contributed by atoms with E-state index >= 15 is 0 Å². The highest BCUT2D eigenvalue weighted by Crippen LogP contribution is 2.39. The molecule has 2 saturated heterocycles. The van der Waals surface area contributed by atoms with Crippen molar-refractivity contribution >= 4 is 19.7 Å². The van der Waals surface area contributed by atoms with E-state index < -0.39 is 53.9 Å². The number of aryl methyl sites for hydroxylation is 2. The molecular formula is C48H66N14O12S2. The van der Waals surface area contributed by atoms with Crippen LogP contribution in [0.2, 0.25) is 0 Å². The Balaban J connectivity index is 0.000000221. The van der Waals surface area contributed by atoms with Crippen LogP contribution in [-0.2, 0) is 50.1 Å². The summed E-state index contributed by atoms with van der Waals surface area (Å²) in [6.07, 6.45) is 9.16. The maximum Gasteiger partial charge on any atom is 0.245 e. The van der Waals surface area contributed by atoms with E-state index in [4.69, 9.17) is 37.9 Å². The number of ether oxygens (including phenoxy) is 8. The van der Waals surface area contributed by atoms with Crippen molar-refractivity contribution in [2.75, 3.05) is 41.7 Å². The fraction of sp³-hybridized carbons (Fsp3) is 0.583. The fourth-order valence-corrected chi connectivity index (χ4v) is 11.2. The van der Waals surface area contributed by atoms with Crippen LogP contribution < -0.4 is 18.9 Å². The van der Waals surface area contributed by atoms with Crippen molar-refractivity contribution in [3.8, 4) is 34.9 Å². The standard InChI is InChI=1S/2C24H33N7O6S/c2*1-14(2)37-20(21-25-10-15(3)11-26-21)16(4)38(32,33)12-18-29-30-22(17-8-7-9-36-17)31(18)19-23(34-5)27-13-28-24(19)35-6/h2*10-11,13-14,16-17,20H,7-9,12H2,1-6H3/t16-,17+,20+;16-,17-,20+/m00/s1. The summed E-state index contributed by atoms with van der Waals surface area (Å²) in [4.78, 5) is 34.1. The topological polar surface area (TPSA) is 307 Å². The summed E-state index contributed by atoms with van der Waals surface area (Å²) in [5.41, 5.74) is 2.30. The zero-order valence-electron chi connectivity index (χ0n) is 44.7. The Kier molecular flexibility index (Phi) is 18.9. The zero-order valence-corrected chi connectivity index (χ0v) is 46.3. The molecule has 26 nitrogen and oxygen atoms in total. The van der Waals surface area contributed by atoms with Gasteiger partial charge in [-0.2, -0.15) is 19.9 Å². The van der Waals surface area contributed by atoms with Gasteiger partial charge in [0.15, 0.2) is 66.0 Å². The zero-order chi connectivity index (χ0) is 54.9. The number of nitrogens with zero attached hydrogens (tertiary/aromatic N) is 14. The van der Waals surface area contributed by atoms with Crippen molar-refractivity contribution in [2.45, 2.75) is 140 Å². The van der Waals surface area contributed by atoms with Gasteiger partial charge in [0.25, 0.3) is 0 Å². The molecule has 0 spiro atoms. The summed E-state index contributed by atoms with van der Waals surface area (Å²) in [5, 5.41) is 15.2. The van der Waals surface area contributed by atoms with Crippen molar-refractivity contribution in [3.63, 3.8) is 0 Å². The average Bonchev–Trinajstić information content (AvgIpc) is 4.26. The van der Waals surface area contributed by atoms with E-state index in [9.17, 15) is 16.8 Å². The maximum absolute atomic E-state index is 13.8. The van der Waals surface area contributed by atoms with E-state index in [1.807, 2.05) is 41.5 Å². The minimum absolute atomic E-state index is 0.141. The first-order valence-corrected chi connectivity index (χ1v) is 28.0. The van der Waals surface area contributed by atoms with Gasteiger partial charge in [-0.05, 0) is 92.2 Å². The summed E-state index contributed by atoms with van der Waals surface area (Å²) in [6, 6.07) is 0. The predicted molar refractivity (Wildman–Crippen MR) is 272 cm³/mol. The van der Waals surface area contributed by atoms with Gasteiger partial charge in [0.1, 0.15) is 48.6 Å². The molecule has 2 aliphatic heterocycles. The number of sulfone groups is 2. The molecule has 0 unspecified atom stereocenters. The molecule has 0 amide bonds. The van der Waals surface area contributed by atoms with Crippen molar-refractivity contribution in [2.24, 2.45) is 0 Å². The molecule has 6 aromatic rings. The minimum Gasteiger partial charge on any atom is -0.479 e. The number of methoxy groups -OCH3 is 4. The van der Waals surface area contributed by atoms with E-state index in [-0.39, 0.29) is 59.6 Å². The van der Waals surface area contributed by atoms with Gasteiger partial charge in [0, 0.05) is 38.0 Å². The second-order valence-electron chi connectivity index (χ2n) is 18.6. The van der Waals surface area contributed by atoms with Gasteiger partial charge in [0.05, 0.1) is 51.1 Å². The fourth-order valence-electron chi connectivity index (χ4n) is 8.44. The molecule has 0 bridgehead atoms. The quantitative estimate of drug-likeness (QED) is 0.0864. The monoisotopic (exact) mass is 1090 g/mol. The van der Waals surface area contributed by atoms with Crippen molar-refractivity contribution in [1.82, 2.24) is 69.4 Å². The second kappa shape index (κ2) is 25.1. The molecule has 6 aromatic heterocycles. The van der Waals surface area contributed by atoms with Crippen LogP contribution in [-0.4, -0.2) is 151 Å². The Hall–Kier alpha value is -6.46. The molecule has 0 aromatic carbocycles. The summed E-state index contributed by atoms with van der Waals surface area (Å²) < 4.78 is 104. The molecule has 8 heterocycles. The third-order valence-electron chi connectivity index (χ3n) is 12.3. The SMILES string of the molecule is COc1ncnc(OC)c1-n1c(CS(=O)(=O)[C@@H](C)[C@@H](OC(C)C)c2ncc(C)cn2)nnc1[C@@H]1CCCO1.COc1ncnc(OC)c1-n1c(CS(=O)(=O)[C@@H](C)[C@@H](OC(C)C)c2ncc(C)cn2)nnc1[C@H]1CCCO1. The Bertz CT molecular complexity index is 2840. The van der Waals surface area contributed by atoms with Crippen molar-refractivity contribution in [1.29, 1.82) is 0 Å². The van der Waals surface area contributed by atoms with Crippen LogP contribution in [0.4, 0.5) is 0 Å². The number of rotatable bonds is 22. The Labute approximate surface area is 441 Å². The van der Waals surface area contributed by atoms with Gasteiger partial charge in [0.2, 0.25) is 23.5 Å². The highest BCUT2D eigenvalue weighted by molar-refractivity contribution is 7.91. The van der Waals surface area contributed by atoms with Gasteiger partial charge >= 0.3 is 0 Å². The normalized spacial score (nSPS) is 17.5. The first-order chi connectivity index (χ1) is 36.3. The summed E-state index contributed by atoms with van der Waals surface area (Å²) in [5.74, 6) is 1.50. The molecule has 2 fully saturated rings. The third kappa shape index (κ3) is 13.0. The Morgan fingerprint density at radius 2 is 0.855 bits per heavy atom. The molecule has 28 heteroatoms. The van der Waals surface area contributed by atoms with E-state index in [0.29, 0.717) is 60.7 Å². The molecule has 412 valence electrons. The van der Waals surface area contributed by atoms with E-state index in [1.54, 1.807) is 47.8 Å². The van der Waals surface area contributed by atoms with Crippen LogP contribution >= 0.6 is 0 Å². The van der Waals surface area contributed by atoms with E-state index in [0.717, 1.165) is 24.0 Å². The van der Waals surface area contributed by atoms with Gasteiger partial charge in [-0.1, -0.05) is 0 Å². The number of hydrogen-bond acceptors (Lipinski definition) is 24. The van der Waals surface area contributed by atoms with Crippen molar-refractivity contribution < 1.29 is 54.7 Å². The Morgan fingerprint density at radius 3 is 1.13 bits per heavy atom. The van der Waals surface area contributed by atoms with Crippen LogP contribution in [0.3, 0.4) is 0 Å². The van der Waals surface area contributed by atoms with Crippen LogP contribution in [0, 0.1) is 13.8 Å². The lowest BCUT2D eigenvalue weighted by molar-refractivity contribution is 0.00120. The highest BCUT2D eigenvalue weighted by atomic mass is 32.2. The van der Waals surface area contributed by atoms with Crippen LogP contribution in [0.15, 0.2) is 37.4 Å². The lowest BCUT2D eigenvalue weighted by Gasteiger charge is -2.25. The highest BCUT2D eigenvalue weighted by Gasteiger charge is 2.40. The summed E-state index contributed by atoms with van der Waals surface area (Å²) >= 11 is 0. The molecule has 76 heavy (non-hydrogen) atoms. The van der Waals surface area contributed by atoms with Gasteiger partial charge < -0.3 is 37.9 Å². The number of hydrogen-bond donors (Lipinski definition) is 0. The summed E-state index contributed by atoms with van der Waals surface area (Å²) in [6.45, 7) is 15.3. The first kappa shape index (κ1) is 57.2. The molecular weight excluding hydrogens is 1030 g/mol. The molecule has 0 radical (unpaired) electrons. The smallest absolute Gasteiger partial charge is 0.245 e. The molecule has 8 rings (SSSR count). The lowest BCUT2D eigenvalue weighted by Crippen LogP contribution is -2.32. The second-order valence-corrected chi connectivity index (χ2v) is 23.3. The van der Waals surface area contributed by atoms with Gasteiger partial charge in [-0.15, -0.1) is 20.4 Å². The van der Waals surface area contributed by atoms with E-state index in [1.165, 1.54) is 41.1 Å². The van der Waals surface area contributed by atoms with Crippen LogP contribution in [0.25, 0.3) is 11.4 Å². The average molecular weight is 1100 g/mol. The lowest BCUT2D eigenvalue weighted by atomic mass is 10.2. The molecule has 0 saturated carbocycles. The molecule has 0 aliphatic carbocycles. The summed E-state index contributed by atoms with van der Waals surface area (Å²) in [7, 11) is -1.96. The van der Waals surface area contributed by atoms with Gasteiger partial charge in [-0.3, -0.25) is 9.13 Å². The molecule has 2 aliphatic rings. The van der Waals surface area contributed by atoms with E-state index in [2.05, 4.69) is 60.3 Å². The largest absolute Gasteiger partial charge is 0.479 e. The molecule has 6 atom stereocenters. The van der Waals surface area contributed by atoms with Crippen LogP contribution in [0.1, 0.15) is 138 Å². The van der Waals surface area contributed by atoms with Crippen LogP contribution in [0.5, 0.6) is 23.5 Å². The number of aromatic nitrogens is 14. The maximum atomic E-state index is 13.8. The van der Waals surface area contributed by atoms with Gasteiger partial charge in [-0.25, -0.2) is 36.8 Å². The minimum atomic E-state index is -3.89.